The number of rotatable bonds is 3. The van der Waals surface area contributed by atoms with Crippen LogP contribution in [0, 0.1) is 11.7 Å². The molecule has 2 rings (SSSR count). The van der Waals surface area contributed by atoms with Gasteiger partial charge in [0.25, 0.3) is 0 Å². The normalized spacial score (nSPS) is 19.0. The molecule has 1 fully saturated rings. The Balaban J connectivity index is 2.26. The largest absolute Gasteiger partial charge is 0.303 e. The molecular formula is C13H15FO. The van der Waals surface area contributed by atoms with Gasteiger partial charge in [0.2, 0.25) is 0 Å². The van der Waals surface area contributed by atoms with Gasteiger partial charge >= 0.3 is 0 Å². The first kappa shape index (κ1) is 10.3. The Morgan fingerprint density at radius 2 is 1.93 bits per heavy atom. The van der Waals surface area contributed by atoms with Crippen LogP contribution in [-0.4, -0.2) is 6.29 Å². The minimum atomic E-state index is -0.249. The fraction of sp³-hybridized carbons (Fsp3) is 0.462. The molecule has 0 bridgehead atoms. The predicted octanol–water partition coefficient (Wildman–Crippen LogP) is 3.30. The molecule has 15 heavy (non-hydrogen) atoms. The van der Waals surface area contributed by atoms with Crippen LogP contribution >= 0.6 is 0 Å². The van der Waals surface area contributed by atoms with Gasteiger partial charge in [0, 0.05) is 5.92 Å². The lowest BCUT2D eigenvalue weighted by molar-refractivity contribution is -0.110. The van der Waals surface area contributed by atoms with E-state index in [0.29, 0.717) is 11.5 Å². The molecule has 0 N–H and O–H groups in total. The highest BCUT2D eigenvalue weighted by molar-refractivity contribution is 5.63. The molecule has 1 aromatic carbocycles. The number of carbonyl (C=O) groups is 1. The van der Waals surface area contributed by atoms with Crippen LogP contribution < -0.4 is 0 Å². The summed E-state index contributed by atoms with van der Waals surface area (Å²) >= 11 is 0. The Kier molecular flexibility index (Phi) is 3.14. The first-order valence-electron chi connectivity index (χ1n) is 5.52. The summed E-state index contributed by atoms with van der Waals surface area (Å²) < 4.78 is 13.5. The van der Waals surface area contributed by atoms with E-state index in [-0.39, 0.29) is 11.7 Å². The molecule has 1 aliphatic carbocycles. The summed E-state index contributed by atoms with van der Waals surface area (Å²) in [6.45, 7) is 0. The van der Waals surface area contributed by atoms with Crippen LogP contribution in [0.3, 0.4) is 0 Å². The van der Waals surface area contributed by atoms with E-state index < -0.39 is 0 Å². The Bertz CT molecular complexity index is 342. The molecule has 1 nitrogen and oxygen atoms in total. The zero-order chi connectivity index (χ0) is 10.7. The van der Waals surface area contributed by atoms with Crippen molar-refractivity contribution >= 4 is 6.29 Å². The van der Waals surface area contributed by atoms with Crippen molar-refractivity contribution in [3.8, 4) is 0 Å². The smallest absolute Gasteiger partial charge is 0.127 e. The van der Waals surface area contributed by atoms with Crippen LogP contribution in [0.4, 0.5) is 4.39 Å². The van der Waals surface area contributed by atoms with Crippen molar-refractivity contribution < 1.29 is 9.18 Å². The molecule has 0 saturated heterocycles. The minimum Gasteiger partial charge on any atom is -0.303 e. The average Bonchev–Trinajstić information content (AvgIpc) is 2.75. The summed E-state index contributed by atoms with van der Waals surface area (Å²) in [5.41, 5.74) is 0.569. The number of aldehydes is 1. The Morgan fingerprint density at radius 3 is 2.53 bits per heavy atom. The van der Waals surface area contributed by atoms with E-state index >= 15 is 0 Å². The van der Waals surface area contributed by atoms with Crippen molar-refractivity contribution in [2.45, 2.75) is 31.6 Å². The van der Waals surface area contributed by atoms with Gasteiger partial charge in [-0.05, 0) is 30.4 Å². The van der Waals surface area contributed by atoms with Gasteiger partial charge in [-0.15, -0.1) is 0 Å². The Labute approximate surface area is 89.3 Å². The van der Waals surface area contributed by atoms with Crippen molar-refractivity contribution in [2.75, 3.05) is 0 Å². The lowest BCUT2D eigenvalue weighted by Crippen LogP contribution is -2.12. The summed E-state index contributed by atoms with van der Waals surface area (Å²) in [6.07, 6.45) is 5.36. The third kappa shape index (κ3) is 2.09. The van der Waals surface area contributed by atoms with E-state index in [1.165, 1.54) is 18.9 Å². The number of benzene rings is 1. The fourth-order valence-electron chi connectivity index (χ4n) is 2.50. The molecule has 0 aliphatic heterocycles. The summed E-state index contributed by atoms with van der Waals surface area (Å²) in [5.74, 6) is -0.144. The van der Waals surface area contributed by atoms with E-state index in [1.807, 2.05) is 0 Å². The van der Waals surface area contributed by atoms with Gasteiger partial charge in [-0.2, -0.15) is 0 Å². The van der Waals surface area contributed by atoms with Gasteiger partial charge in [0.1, 0.15) is 12.1 Å². The third-order valence-corrected chi connectivity index (χ3v) is 3.32. The van der Waals surface area contributed by atoms with Crippen molar-refractivity contribution in [1.82, 2.24) is 0 Å². The highest BCUT2D eigenvalue weighted by atomic mass is 19.1. The van der Waals surface area contributed by atoms with Gasteiger partial charge in [-0.3, -0.25) is 0 Å². The standard InChI is InChI=1S/C13H15FO/c14-13-8-4-3-7-11(13)12(9-15)10-5-1-2-6-10/h3-4,7-10,12H,1-2,5-6H2. The van der Waals surface area contributed by atoms with Gasteiger partial charge in [-0.1, -0.05) is 31.0 Å². The fourth-order valence-corrected chi connectivity index (χ4v) is 2.50. The molecule has 0 spiro atoms. The Hall–Kier alpha value is -1.18. The van der Waals surface area contributed by atoms with E-state index in [0.717, 1.165) is 19.1 Å². The zero-order valence-electron chi connectivity index (χ0n) is 8.66. The first-order chi connectivity index (χ1) is 7.33. The second-order valence-electron chi connectivity index (χ2n) is 4.23. The van der Waals surface area contributed by atoms with E-state index in [1.54, 1.807) is 18.2 Å². The van der Waals surface area contributed by atoms with E-state index in [9.17, 15) is 9.18 Å². The monoisotopic (exact) mass is 206 g/mol. The van der Waals surface area contributed by atoms with Gasteiger partial charge < -0.3 is 4.79 Å². The minimum absolute atomic E-state index is 0.242. The summed E-state index contributed by atoms with van der Waals surface area (Å²) in [5, 5.41) is 0. The van der Waals surface area contributed by atoms with Crippen LogP contribution in [0.1, 0.15) is 37.2 Å². The van der Waals surface area contributed by atoms with Crippen molar-refractivity contribution in [3.63, 3.8) is 0 Å². The van der Waals surface area contributed by atoms with E-state index in [2.05, 4.69) is 0 Å². The zero-order valence-corrected chi connectivity index (χ0v) is 8.66. The van der Waals surface area contributed by atoms with Crippen LogP contribution in [-0.2, 0) is 4.79 Å². The highest BCUT2D eigenvalue weighted by Crippen LogP contribution is 2.36. The molecule has 0 aromatic heterocycles. The molecule has 0 heterocycles. The van der Waals surface area contributed by atoms with Gasteiger partial charge in [0.05, 0.1) is 0 Å². The molecule has 1 unspecified atom stereocenters. The maximum atomic E-state index is 13.5. The molecular weight excluding hydrogens is 191 g/mol. The predicted molar refractivity (Wildman–Crippen MR) is 57.2 cm³/mol. The summed E-state index contributed by atoms with van der Waals surface area (Å²) in [6, 6.07) is 6.62. The molecule has 80 valence electrons. The molecule has 1 atom stereocenters. The topological polar surface area (TPSA) is 17.1 Å². The van der Waals surface area contributed by atoms with Crippen LogP contribution in [0.5, 0.6) is 0 Å². The van der Waals surface area contributed by atoms with Crippen molar-refractivity contribution in [2.24, 2.45) is 5.92 Å². The highest BCUT2D eigenvalue weighted by Gasteiger charge is 2.27. The Morgan fingerprint density at radius 1 is 1.27 bits per heavy atom. The number of hydrogen-bond acceptors (Lipinski definition) is 1. The lowest BCUT2D eigenvalue weighted by Gasteiger charge is -2.18. The summed E-state index contributed by atoms with van der Waals surface area (Å²) in [7, 11) is 0. The second-order valence-corrected chi connectivity index (χ2v) is 4.23. The number of halogens is 1. The molecule has 0 radical (unpaired) electrons. The number of carbonyl (C=O) groups excluding carboxylic acids is 1. The SMILES string of the molecule is O=CC(c1ccccc1F)C1CCCC1. The summed E-state index contributed by atoms with van der Waals surface area (Å²) in [4.78, 5) is 11.1. The van der Waals surface area contributed by atoms with Crippen LogP contribution in [0.25, 0.3) is 0 Å². The van der Waals surface area contributed by atoms with Crippen LogP contribution in [0.2, 0.25) is 0 Å². The maximum absolute atomic E-state index is 13.5. The first-order valence-corrected chi connectivity index (χ1v) is 5.52. The molecule has 1 saturated carbocycles. The second kappa shape index (κ2) is 4.56. The molecule has 0 amide bonds. The van der Waals surface area contributed by atoms with Crippen molar-refractivity contribution in [1.29, 1.82) is 0 Å². The third-order valence-electron chi connectivity index (χ3n) is 3.32. The number of hydrogen-bond donors (Lipinski definition) is 0. The van der Waals surface area contributed by atoms with Gasteiger partial charge in [0.15, 0.2) is 0 Å². The molecule has 1 aromatic rings. The van der Waals surface area contributed by atoms with Crippen molar-refractivity contribution in [3.05, 3.63) is 35.6 Å². The van der Waals surface area contributed by atoms with Crippen LogP contribution in [0.15, 0.2) is 24.3 Å². The lowest BCUT2D eigenvalue weighted by atomic mass is 9.86. The molecule has 1 aliphatic rings. The maximum Gasteiger partial charge on any atom is 0.127 e. The van der Waals surface area contributed by atoms with Gasteiger partial charge in [-0.25, -0.2) is 4.39 Å². The molecule has 2 heteroatoms. The average molecular weight is 206 g/mol. The quantitative estimate of drug-likeness (QED) is 0.693. The van der Waals surface area contributed by atoms with E-state index in [4.69, 9.17) is 0 Å².